The fourth-order valence-corrected chi connectivity index (χ4v) is 4.47. The minimum atomic E-state index is -3.59. The first kappa shape index (κ1) is 22.6. The van der Waals surface area contributed by atoms with Crippen molar-refractivity contribution in [3.8, 4) is 0 Å². The van der Waals surface area contributed by atoms with Gasteiger partial charge in [0.15, 0.2) is 0 Å². The lowest BCUT2D eigenvalue weighted by Crippen LogP contribution is -2.16. The zero-order valence-corrected chi connectivity index (χ0v) is 19.1. The molecule has 2 N–H and O–H groups in total. The number of aryl methyl sites for hydroxylation is 1. The predicted octanol–water partition coefficient (Wildman–Crippen LogP) is 5.49. The molecule has 1 amide bonds. The lowest BCUT2D eigenvalue weighted by molar-refractivity contribution is 0.102. The van der Waals surface area contributed by atoms with Crippen molar-refractivity contribution in [2.75, 3.05) is 10.0 Å². The van der Waals surface area contributed by atoms with Crippen LogP contribution in [0.25, 0.3) is 0 Å². The lowest BCUT2D eigenvalue weighted by Gasteiger charge is -2.19. The maximum absolute atomic E-state index is 12.6. The molecular weight excluding hydrogens is 408 g/mol. The number of nitrogens with one attached hydrogen (secondary N) is 2. The summed E-state index contributed by atoms with van der Waals surface area (Å²) in [5.74, 6) is -0.364. The molecule has 0 heterocycles. The van der Waals surface area contributed by atoms with E-state index in [2.05, 4.69) is 30.8 Å². The third-order valence-corrected chi connectivity index (χ3v) is 6.25. The Morgan fingerprint density at radius 3 is 2.16 bits per heavy atom. The molecule has 31 heavy (non-hydrogen) atoms. The molecule has 0 saturated carbocycles. The van der Waals surface area contributed by atoms with Gasteiger partial charge in [-0.3, -0.25) is 9.52 Å². The Kier molecular flexibility index (Phi) is 6.51. The van der Waals surface area contributed by atoms with E-state index in [-0.39, 0.29) is 17.1 Å². The van der Waals surface area contributed by atoms with Crippen LogP contribution in [0.4, 0.5) is 11.4 Å². The van der Waals surface area contributed by atoms with Crippen LogP contribution in [0.5, 0.6) is 0 Å². The van der Waals surface area contributed by atoms with Gasteiger partial charge in [0.2, 0.25) is 10.0 Å². The van der Waals surface area contributed by atoms with Crippen LogP contribution in [0.3, 0.4) is 0 Å². The van der Waals surface area contributed by atoms with Gasteiger partial charge in [0, 0.05) is 11.3 Å². The zero-order chi connectivity index (χ0) is 22.6. The van der Waals surface area contributed by atoms with Crippen molar-refractivity contribution in [1.82, 2.24) is 0 Å². The van der Waals surface area contributed by atoms with Crippen LogP contribution in [0, 0.1) is 6.92 Å². The first-order chi connectivity index (χ1) is 14.5. The summed E-state index contributed by atoms with van der Waals surface area (Å²) in [4.78, 5) is 12.6. The van der Waals surface area contributed by atoms with Crippen molar-refractivity contribution in [2.24, 2.45) is 0 Å². The van der Waals surface area contributed by atoms with E-state index < -0.39 is 10.0 Å². The highest BCUT2D eigenvalue weighted by atomic mass is 32.2. The van der Waals surface area contributed by atoms with Crippen molar-refractivity contribution in [3.05, 3.63) is 95.1 Å². The number of sulfonamides is 1. The van der Waals surface area contributed by atoms with Gasteiger partial charge in [-0.2, -0.15) is 0 Å². The van der Waals surface area contributed by atoms with Crippen LogP contribution in [0.1, 0.15) is 47.8 Å². The number of anilines is 2. The Morgan fingerprint density at radius 2 is 1.52 bits per heavy atom. The lowest BCUT2D eigenvalue weighted by atomic mass is 9.87. The molecule has 0 bridgehead atoms. The summed E-state index contributed by atoms with van der Waals surface area (Å²) in [6, 6.07) is 21.6. The molecule has 3 rings (SSSR count). The minimum Gasteiger partial charge on any atom is -0.322 e. The van der Waals surface area contributed by atoms with E-state index in [0.29, 0.717) is 16.9 Å². The summed E-state index contributed by atoms with van der Waals surface area (Å²) in [6.07, 6.45) is 0. The SMILES string of the molecule is Cc1ccccc1CS(=O)(=O)Nc1cccc(NC(=O)c2ccc(C(C)(C)C)cc2)c1. The number of benzene rings is 3. The largest absolute Gasteiger partial charge is 0.322 e. The molecule has 3 aromatic carbocycles. The first-order valence-electron chi connectivity index (χ1n) is 10.1. The molecule has 0 unspecified atom stereocenters. The highest BCUT2D eigenvalue weighted by Gasteiger charge is 2.16. The van der Waals surface area contributed by atoms with Crippen LogP contribution in [0.2, 0.25) is 0 Å². The van der Waals surface area contributed by atoms with Crippen LogP contribution >= 0.6 is 0 Å². The molecule has 0 atom stereocenters. The molecule has 0 fully saturated rings. The minimum absolute atomic E-state index is 0.0127. The number of rotatable bonds is 6. The van der Waals surface area contributed by atoms with Gasteiger partial charge in [-0.05, 0) is 59.4 Å². The van der Waals surface area contributed by atoms with E-state index in [9.17, 15) is 13.2 Å². The summed E-state index contributed by atoms with van der Waals surface area (Å²) in [5, 5.41) is 2.83. The number of carbonyl (C=O) groups is 1. The second-order valence-corrected chi connectivity index (χ2v) is 10.4. The van der Waals surface area contributed by atoms with Gasteiger partial charge >= 0.3 is 0 Å². The maximum Gasteiger partial charge on any atom is 0.255 e. The van der Waals surface area contributed by atoms with Crippen molar-refractivity contribution >= 4 is 27.3 Å². The van der Waals surface area contributed by atoms with Crippen molar-refractivity contribution < 1.29 is 13.2 Å². The molecule has 162 valence electrons. The highest BCUT2D eigenvalue weighted by Crippen LogP contribution is 2.23. The third-order valence-electron chi connectivity index (χ3n) is 5.01. The van der Waals surface area contributed by atoms with Gasteiger partial charge in [-0.15, -0.1) is 0 Å². The van der Waals surface area contributed by atoms with Gasteiger partial charge in [0.05, 0.1) is 11.4 Å². The Morgan fingerprint density at radius 1 is 0.871 bits per heavy atom. The summed E-state index contributed by atoms with van der Waals surface area (Å²) in [5.41, 5.74) is 4.28. The molecule has 6 heteroatoms. The Labute approximate surface area is 184 Å². The van der Waals surface area contributed by atoms with E-state index in [0.717, 1.165) is 16.7 Å². The third kappa shape index (κ3) is 6.18. The van der Waals surface area contributed by atoms with Crippen LogP contribution < -0.4 is 10.0 Å². The number of amides is 1. The van der Waals surface area contributed by atoms with Gasteiger partial charge < -0.3 is 5.32 Å². The normalized spacial score (nSPS) is 11.7. The van der Waals surface area contributed by atoms with E-state index in [4.69, 9.17) is 0 Å². The summed E-state index contributed by atoms with van der Waals surface area (Å²) in [7, 11) is -3.59. The van der Waals surface area contributed by atoms with E-state index in [1.165, 1.54) is 0 Å². The molecule has 0 spiro atoms. The van der Waals surface area contributed by atoms with Crippen LogP contribution in [0.15, 0.2) is 72.8 Å². The quantitative estimate of drug-likeness (QED) is 0.537. The second-order valence-electron chi connectivity index (χ2n) is 8.65. The van der Waals surface area contributed by atoms with Gasteiger partial charge in [0.1, 0.15) is 0 Å². The van der Waals surface area contributed by atoms with Crippen molar-refractivity contribution in [3.63, 3.8) is 0 Å². The average Bonchev–Trinajstić information content (AvgIpc) is 2.69. The average molecular weight is 437 g/mol. The molecule has 0 radical (unpaired) electrons. The molecule has 0 aromatic heterocycles. The van der Waals surface area contributed by atoms with Crippen LogP contribution in [-0.2, 0) is 21.2 Å². The van der Waals surface area contributed by atoms with E-state index in [1.807, 2.05) is 37.3 Å². The van der Waals surface area contributed by atoms with Gasteiger partial charge in [-0.25, -0.2) is 8.42 Å². The van der Waals surface area contributed by atoms with Gasteiger partial charge in [-0.1, -0.05) is 63.2 Å². The molecule has 5 nitrogen and oxygen atoms in total. The second kappa shape index (κ2) is 8.94. The Hall–Kier alpha value is -3.12. The molecule has 0 aliphatic rings. The maximum atomic E-state index is 12.6. The Bertz CT molecular complexity index is 1180. The number of carbonyl (C=O) groups excluding carboxylic acids is 1. The zero-order valence-electron chi connectivity index (χ0n) is 18.3. The predicted molar refractivity (Wildman–Crippen MR) is 127 cm³/mol. The standard InChI is InChI=1S/C25H28N2O3S/c1-18-8-5-6-9-20(18)17-31(29,30)27-23-11-7-10-22(16-23)26-24(28)19-12-14-21(15-13-19)25(2,3)4/h5-16,27H,17H2,1-4H3,(H,26,28). The summed E-state index contributed by atoms with van der Waals surface area (Å²) in [6.45, 7) is 8.24. The monoisotopic (exact) mass is 436 g/mol. The van der Waals surface area contributed by atoms with E-state index in [1.54, 1.807) is 42.5 Å². The van der Waals surface area contributed by atoms with E-state index >= 15 is 0 Å². The van der Waals surface area contributed by atoms with Crippen LogP contribution in [-0.4, -0.2) is 14.3 Å². The summed E-state index contributed by atoms with van der Waals surface area (Å²) < 4.78 is 27.8. The van der Waals surface area contributed by atoms with Crippen molar-refractivity contribution in [1.29, 1.82) is 0 Å². The number of hydrogen-bond donors (Lipinski definition) is 2. The van der Waals surface area contributed by atoms with Gasteiger partial charge in [0.25, 0.3) is 5.91 Å². The molecule has 0 aliphatic heterocycles. The first-order valence-corrected chi connectivity index (χ1v) is 11.8. The molecule has 0 aliphatic carbocycles. The molecular formula is C25H28N2O3S. The molecule has 3 aromatic rings. The number of hydrogen-bond acceptors (Lipinski definition) is 3. The fraction of sp³-hybridized carbons (Fsp3) is 0.240. The topological polar surface area (TPSA) is 75.3 Å². The molecule has 0 saturated heterocycles. The summed E-state index contributed by atoms with van der Waals surface area (Å²) >= 11 is 0. The fourth-order valence-electron chi connectivity index (χ4n) is 3.18. The highest BCUT2D eigenvalue weighted by molar-refractivity contribution is 7.91. The van der Waals surface area contributed by atoms with Crippen molar-refractivity contribution in [2.45, 2.75) is 38.9 Å². The Balaban J connectivity index is 1.70. The smallest absolute Gasteiger partial charge is 0.255 e.